The van der Waals surface area contributed by atoms with Gasteiger partial charge in [0.1, 0.15) is 29.8 Å². The van der Waals surface area contributed by atoms with E-state index in [0.717, 1.165) is 30.2 Å². The number of aromatic nitrogens is 2. The van der Waals surface area contributed by atoms with Gasteiger partial charge in [0.05, 0.1) is 6.54 Å². The lowest BCUT2D eigenvalue weighted by Gasteiger charge is -2.10. The van der Waals surface area contributed by atoms with Crippen LogP contribution >= 0.6 is 0 Å². The zero-order valence-electron chi connectivity index (χ0n) is 12.2. The fraction of sp³-hybridized carbons (Fsp3) is 0.333. The molecular weight excluding hydrogens is 266 g/mol. The third-order valence-corrected chi connectivity index (χ3v) is 2.81. The second kappa shape index (κ2) is 8.06. The van der Waals surface area contributed by atoms with Crippen LogP contribution in [0.15, 0.2) is 36.4 Å². The van der Waals surface area contributed by atoms with Crippen LogP contribution in [0.2, 0.25) is 0 Å². The minimum absolute atomic E-state index is 0.558. The highest BCUT2D eigenvalue weighted by atomic mass is 16.5. The number of rotatable bonds is 8. The highest BCUT2D eigenvalue weighted by molar-refractivity contribution is 5.46. The van der Waals surface area contributed by atoms with Gasteiger partial charge in [0.25, 0.3) is 0 Å². The Labute approximate surface area is 124 Å². The number of nitrogens with zero attached hydrogens (tertiary/aromatic N) is 2. The molecule has 0 aliphatic heterocycles. The molecule has 0 spiro atoms. The molecule has 0 aliphatic carbocycles. The van der Waals surface area contributed by atoms with E-state index in [0.29, 0.717) is 19.0 Å². The number of aryl methyl sites for hydroxylation is 1. The number of hydrogen-bond donors (Lipinski definition) is 3. The van der Waals surface area contributed by atoms with Crippen LogP contribution in [0, 0.1) is 0 Å². The molecule has 4 N–H and O–H groups in total. The Kier molecular flexibility index (Phi) is 5.78. The number of nitrogen functional groups attached to an aromatic ring is 1. The van der Waals surface area contributed by atoms with E-state index in [2.05, 4.69) is 27.6 Å². The minimum atomic E-state index is 0.558. The van der Waals surface area contributed by atoms with Crippen LogP contribution in [0.25, 0.3) is 0 Å². The van der Waals surface area contributed by atoms with Crippen molar-refractivity contribution in [2.45, 2.75) is 19.8 Å². The van der Waals surface area contributed by atoms with Crippen molar-refractivity contribution in [3.05, 3.63) is 42.2 Å². The summed E-state index contributed by atoms with van der Waals surface area (Å²) < 4.78 is 5.62. The average Bonchev–Trinajstić information content (AvgIpc) is 2.53. The van der Waals surface area contributed by atoms with Crippen LogP contribution in [-0.4, -0.2) is 23.1 Å². The molecule has 21 heavy (non-hydrogen) atoms. The Balaban J connectivity index is 1.86. The first-order valence-corrected chi connectivity index (χ1v) is 7.08. The molecule has 0 saturated heterocycles. The largest absolute Gasteiger partial charge is 0.492 e. The Hall–Kier alpha value is -2.34. The molecule has 1 heterocycles. The van der Waals surface area contributed by atoms with E-state index in [-0.39, 0.29) is 0 Å². The number of anilines is 2. The van der Waals surface area contributed by atoms with E-state index >= 15 is 0 Å². The predicted molar refractivity (Wildman–Crippen MR) is 84.3 cm³/mol. The monoisotopic (exact) mass is 287 g/mol. The summed E-state index contributed by atoms with van der Waals surface area (Å²) in [6.07, 6.45) is 1.81. The van der Waals surface area contributed by atoms with Gasteiger partial charge in [-0.1, -0.05) is 25.1 Å². The van der Waals surface area contributed by atoms with Crippen molar-refractivity contribution in [3.8, 4) is 5.75 Å². The Morgan fingerprint density at radius 3 is 2.62 bits per heavy atom. The molecule has 2 rings (SSSR count). The molecule has 0 radical (unpaired) electrons. The maximum absolute atomic E-state index is 5.62. The number of nitrogens with one attached hydrogen (secondary N) is 2. The summed E-state index contributed by atoms with van der Waals surface area (Å²) in [5, 5.41) is 3.22. The fourth-order valence-corrected chi connectivity index (χ4v) is 1.86. The summed E-state index contributed by atoms with van der Waals surface area (Å²) in [5.74, 6) is 8.42. The predicted octanol–water partition coefficient (Wildman–Crippen LogP) is 2.21. The molecule has 6 nitrogen and oxygen atoms in total. The van der Waals surface area contributed by atoms with Crippen molar-refractivity contribution in [1.82, 2.24) is 9.97 Å². The molecule has 6 heteroatoms. The Morgan fingerprint density at radius 2 is 1.90 bits per heavy atom. The molecule has 0 amide bonds. The van der Waals surface area contributed by atoms with Crippen molar-refractivity contribution >= 4 is 11.6 Å². The SMILES string of the molecule is CCCc1nc(NN)cc(NCCOc2ccccc2)n1. The first-order chi connectivity index (χ1) is 10.3. The molecule has 0 bridgehead atoms. The third kappa shape index (κ3) is 4.92. The Morgan fingerprint density at radius 1 is 1.14 bits per heavy atom. The van der Waals surface area contributed by atoms with Crippen molar-refractivity contribution in [1.29, 1.82) is 0 Å². The second-order valence-electron chi connectivity index (χ2n) is 4.54. The van der Waals surface area contributed by atoms with Gasteiger partial charge in [-0.25, -0.2) is 15.8 Å². The van der Waals surface area contributed by atoms with E-state index < -0.39 is 0 Å². The zero-order chi connectivity index (χ0) is 14.9. The molecular formula is C15H21N5O. The number of benzene rings is 1. The van der Waals surface area contributed by atoms with Gasteiger partial charge >= 0.3 is 0 Å². The summed E-state index contributed by atoms with van der Waals surface area (Å²) >= 11 is 0. The summed E-state index contributed by atoms with van der Waals surface area (Å²) in [6.45, 7) is 3.30. The number of hydrazine groups is 1. The van der Waals surface area contributed by atoms with E-state index in [9.17, 15) is 0 Å². The van der Waals surface area contributed by atoms with E-state index in [1.54, 1.807) is 6.07 Å². The van der Waals surface area contributed by atoms with E-state index in [4.69, 9.17) is 10.6 Å². The number of nitrogens with two attached hydrogens (primary N) is 1. The van der Waals surface area contributed by atoms with Gasteiger partial charge in [-0.3, -0.25) is 0 Å². The van der Waals surface area contributed by atoms with E-state index in [1.807, 2.05) is 30.3 Å². The van der Waals surface area contributed by atoms with Gasteiger partial charge in [-0.05, 0) is 18.6 Å². The standard InChI is InChI=1S/C15H21N5O/c1-2-6-13-18-14(11-15(19-13)20-16)17-9-10-21-12-7-4-3-5-8-12/h3-5,7-8,11H,2,6,9-10,16H2,1H3,(H2,17,18,19,20). The third-order valence-electron chi connectivity index (χ3n) is 2.81. The van der Waals surface area contributed by atoms with Gasteiger partial charge in [0, 0.05) is 12.5 Å². The van der Waals surface area contributed by atoms with Gasteiger partial charge < -0.3 is 15.5 Å². The Bertz CT molecular complexity index is 547. The summed E-state index contributed by atoms with van der Waals surface area (Å²) in [5.41, 5.74) is 2.56. The van der Waals surface area contributed by atoms with Crippen molar-refractivity contribution in [2.24, 2.45) is 5.84 Å². The second-order valence-corrected chi connectivity index (χ2v) is 4.54. The fourth-order valence-electron chi connectivity index (χ4n) is 1.86. The maximum Gasteiger partial charge on any atom is 0.145 e. The van der Waals surface area contributed by atoms with Gasteiger partial charge in [-0.2, -0.15) is 0 Å². The van der Waals surface area contributed by atoms with Gasteiger partial charge in [-0.15, -0.1) is 0 Å². The molecule has 0 saturated carbocycles. The highest BCUT2D eigenvalue weighted by Crippen LogP contribution is 2.12. The quantitative estimate of drug-likeness (QED) is 0.392. The minimum Gasteiger partial charge on any atom is -0.492 e. The summed E-state index contributed by atoms with van der Waals surface area (Å²) in [7, 11) is 0. The number of para-hydroxylation sites is 1. The lowest BCUT2D eigenvalue weighted by molar-refractivity contribution is 0.332. The first kappa shape index (κ1) is 15.1. The van der Waals surface area contributed by atoms with Crippen LogP contribution in [0.4, 0.5) is 11.6 Å². The van der Waals surface area contributed by atoms with Crippen molar-refractivity contribution in [2.75, 3.05) is 23.9 Å². The van der Waals surface area contributed by atoms with Crippen LogP contribution in [0.5, 0.6) is 5.75 Å². The van der Waals surface area contributed by atoms with Crippen LogP contribution in [0.1, 0.15) is 19.2 Å². The van der Waals surface area contributed by atoms with Crippen LogP contribution < -0.4 is 21.3 Å². The molecule has 0 aliphatic rings. The normalized spacial score (nSPS) is 10.2. The number of ether oxygens (including phenoxy) is 1. The van der Waals surface area contributed by atoms with Gasteiger partial charge in [0.15, 0.2) is 0 Å². The smallest absolute Gasteiger partial charge is 0.145 e. The van der Waals surface area contributed by atoms with Crippen LogP contribution in [0.3, 0.4) is 0 Å². The summed E-state index contributed by atoms with van der Waals surface area (Å²) in [4.78, 5) is 8.74. The van der Waals surface area contributed by atoms with Gasteiger partial charge in [0.2, 0.25) is 0 Å². The van der Waals surface area contributed by atoms with Crippen molar-refractivity contribution in [3.63, 3.8) is 0 Å². The van der Waals surface area contributed by atoms with E-state index in [1.165, 1.54) is 0 Å². The number of hydrogen-bond acceptors (Lipinski definition) is 6. The lowest BCUT2D eigenvalue weighted by Crippen LogP contribution is -2.15. The molecule has 0 atom stereocenters. The first-order valence-electron chi connectivity index (χ1n) is 7.08. The van der Waals surface area contributed by atoms with Crippen molar-refractivity contribution < 1.29 is 4.74 Å². The average molecular weight is 287 g/mol. The molecule has 112 valence electrons. The molecule has 1 aromatic carbocycles. The molecule has 2 aromatic rings. The topological polar surface area (TPSA) is 85.1 Å². The highest BCUT2D eigenvalue weighted by Gasteiger charge is 2.03. The zero-order valence-corrected chi connectivity index (χ0v) is 12.2. The molecule has 0 fully saturated rings. The van der Waals surface area contributed by atoms with Crippen LogP contribution in [-0.2, 0) is 6.42 Å². The lowest BCUT2D eigenvalue weighted by atomic mass is 10.3. The summed E-state index contributed by atoms with van der Waals surface area (Å²) in [6, 6.07) is 11.5. The molecule has 0 unspecified atom stereocenters. The maximum atomic E-state index is 5.62. The molecule has 1 aromatic heterocycles.